The maximum Gasteiger partial charge on any atom is 0.355 e. The SMILES string of the molecule is COC(=O)C1=C(C(=O)OC)N(c2ccc(C(=O)Nc3ccccc3Oc3ccccc3)cc2)C(N)=C(C#N)C1c1ccccc1. The molecule has 3 N–H and O–H groups in total. The molecule has 0 radical (unpaired) electrons. The highest BCUT2D eigenvalue weighted by Gasteiger charge is 2.43. The minimum absolute atomic E-state index is 0.0334. The standard InChI is InChI=1S/C35H28N4O6/c1-43-34(41)30-29(22-11-5-3-6-12-22)26(21-36)32(37)39(31(30)35(42)44-2)24-19-17-23(18-20-24)33(40)38-27-15-9-10-16-28(27)45-25-13-7-4-8-14-25/h3-20,29H,37H2,1-2H3,(H,38,40). The van der Waals surface area contributed by atoms with E-state index in [1.807, 2.05) is 18.2 Å². The molecule has 1 amide bonds. The number of nitriles is 1. The van der Waals surface area contributed by atoms with Gasteiger partial charge in [-0.05, 0) is 54.1 Å². The Morgan fingerprint density at radius 1 is 0.800 bits per heavy atom. The van der Waals surface area contributed by atoms with Crippen molar-refractivity contribution in [2.45, 2.75) is 5.92 Å². The molecule has 224 valence electrons. The Bertz CT molecular complexity index is 1840. The second-order valence-corrected chi connectivity index (χ2v) is 9.75. The molecule has 5 rings (SSSR count). The average molecular weight is 601 g/mol. The van der Waals surface area contributed by atoms with Crippen molar-refractivity contribution in [2.24, 2.45) is 5.73 Å². The Hall–Kier alpha value is -6.34. The number of allylic oxidation sites excluding steroid dienone is 1. The molecule has 0 saturated heterocycles. The topological polar surface area (TPSA) is 144 Å². The molecule has 0 spiro atoms. The molecule has 0 fully saturated rings. The van der Waals surface area contributed by atoms with Crippen molar-refractivity contribution in [3.8, 4) is 17.6 Å². The van der Waals surface area contributed by atoms with Crippen molar-refractivity contribution in [2.75, 3.05) is 24.4 Å². The van der Waals surface area contributed by atoms with Gasteiger partial charge in [-0.2, -0.15) is 5.26 Å². The molecule has 10 heteroatoms. The number of hydrogen-bond donors (Lipinski definition) is 2. The lowest BCUT2D eigenvalue weighted by Crippen LogP contribution is -2.40. The fourth-order valence-corrected chi connectivity index (χ4v) is 5.01. The number of ether oxygens (including phenoxy) is 3. The molecule has 4 aromatic rings. The summed E-state index contributed by atoms with van der Waals surface area (Å²) in [7, 11) is 2.35. The van der Waals surface area contributed by atoms with E-state index in [1.165, 1.54) is 31.3 Å². The van der Waals surface area contributed by atoms with Crippen LogP contribution in [0, 0.1) is 11.3 Å². The van der Waals surface area contributed by atoms with Gasteiger partial charge in [-0.3, -0.25) is 9.69 Å². The molecule has 4 aromatic carbocycles. The third-order valence-corrected chi connectivity index (χ3v) is 7.10. The van der Waals surface area contributed by atoms with Gasteiger partial charge in [-0.1, -0.05) is 60.7 Å². The monoisotopic (exact) mass is 600 g/mol. The Labute approximate surface area is 259 Å². The molecule has 0 bridgehead atoms. The number of nitrogens with zero attached hydrogens (tertiary/aromatic N) is 2. The summed E-state index contributed by atoms with van der Waals surface area (Å²) in [5.41, 5.74) is 7.87. The number of benzene rings is 4. The van der Waals surface area contributed by atoms with Crippen molar-refractivity contribution in [1.82, 2.24) is 0 Å². The van der Waals surface area contributed by atoms with Crippen LogP contribution in [0.15, 0.2) is 132 Å². The van der Waals surface area contributed by atoms with Crippen LogP contribution in [0.3, 0.4) is 0 Å². The summed E-state index contributed by atoms with van der Waals surface area (Å²) in [6.45, 7) is 0. The second kappa shape index (κ2) is 13.3. The number of methoxy groups -OCH3 is 2. The molecule has 0 saturated carbocycles. The third kappa shape index (κ3) is 6.09. The number of para-hydroxylation sites is 3. The number of hydrogen-bond acceptors (Lipinski definition) is 9. The van der Waals surface area contributed by atoms with Gasteiger partial charge >= 0.3 is 11.9 Å². The van der Waals surface area contributed by atoms with E-state index in [0.29, 0.717) is 28.4 Å². The van der Waals surface area contributed by atoms with Gasteiger partial charge in [0.25, 0.3) is 5.91 Å². The highest BCUT2D eigenvalue weighted by atomic mass is 16.5. The molecule has 0 aromatic heterocycles. The summed E-state index contributed by atoms with van der Waals surface area (Å²) in [5, 5.41) is 13.1. The Morgan fingerprint density at radius 2 is 1.40 bits per heavy atom. The Morgan fingerprint density at radius 3 is 2.02 bits per heavy atom. The van der Waals surface area contributed by atoms with Crippen LogP contribution in [0.4, 0.5) is 11.4 Å². The van der Waals surface area contributed by atoms with Gasteiger partial charge < -0.3 is 25.3 Å². The molecule has 1 aliphatic heterocycles. The zero-order valence-electron chi connectivity index (χ0n) is 24.4. The first-order valence-corrected chi connectivity index (χ1v) is 13.8. The predicted molar refractivity (Wildman–Crippen MR) is 167 cm³/mol. The second-order valence-electron chi connectivity index (χ2n) is 9.75. The Balaban J connectivity index is 1.51. The van der Waals surface area contributed by atoms with Crippen LogP contribution in [0.25, 0.3) is 0 Å². The Kier molecular flexibility index (Phi) is 8.91. The van der Waals surface area contributed by atoms with E-state index in [9.17, 15) is 19.6 Å². The molecule has 1 atom stereocenters. The lowest BCUT2D eigenvalue weighted by atomic mass is 9.81. The smallest absolute Gasteiger partial charge is 0.355 e. The summed E-state index contributed by atoms with van der Waals surface area (Å²) >= 11 is 0. The maximum absolute atomic E-state index is 13.3. The summed E-state index contributed by atoms with van der Waals surface area (Å²) in [6, 6.07) is 33.2. The van der Waals surface area contributed by atoms with Crippen LogP contribution in [-0.4, -0.2) is 32.1 Å². The number of nitrogens with two attached hydrogens (primary N) is 1. The normalized spacial score (nSPS) is 14.3. The minimum Gasteiger partial charge on any atom is -0.466 e. The molecule has 0 aliphatic carbocycles. The van der Waals surface area contributed by atoms with Crippen LogP contribution in [0.2, 0.25) is 0 Å². The van der Waals surface area contributed by atoms with Gasteiger partial charge in [-0.25, -0.2) is 9.59 Å². The van der Waals surface area contributed by atoms with Gasteiger partial charge in [-0.15, -0.1) is 0 Å². The van der Waals surface area contributed by atoms with Gasteiger partial charge in [0.1, 0.15) is 17.3 Å². The van der Waals surface area contributed by atoms with Gasteiger partial charge in [0.05, 0.1) is 43.0 Å². The zero-order valence-corrected chi connectivity index (χ0v) is 24.4. The largest absolute Gasteiger partial charge is 0.466 e. The molecule has 1 unspecified atom stereocenters. The number of nitrogens with one attached hydrogen (secondary N) is 1. The summed E-state index contributed by atoms with van der Waals surface area (Å²) < 4.78 is 16.1. The first kappa shape index (κ1) is 30.1. The summed E-state index contributed by atoms with van der Waals surface area (Å²) in [6.07, 6.45) is 0. The van der Waals surface area contributed by atoms with Crippen LogP contribution in [-0.2, 0) is 19.1 Å². The van der Waals surface area contributed by atoms with E-state index >= 15 is 0 Å². The molecular weight excluding hydrogens is 572 g/mol. The predicted octanol–water partition coefficient (Wildman–Crippen LogP) is 5.63. The summed E-state index contributed by atoms with van der Waals surface area (Å²) in [5.74, 6) is -2.12. The van der Waals surface area contributed by atoms with Crippen molar-refractivity contribution in [3.63, 3.8) is 0 Å². The summed E-state index contributed by atoms with van der Waals surface area (Å²) in [4.78, 5) is 41.0. The van der Waals surface area contributed by atoms with E-state index < -0.39 is 23.8 Å². The van der Waals surface area contributed by atoms with Crippen LogP contribution < -0.4 is 20.7 Å². The van der Waals surface area contributed by atoms with Crippen molar-refractivity contribution >= 4 is 29.2 Å². The lowest BCUT2D eigenvalue weighted by Gasteiger charge is -2.35. The number of carbonyl (C=O) groups excluding carboxylic acids is 3. The van der Waals surface area contributed by atoms with Gasteiger partial charge in [0.15, 0.2) is 5.75 Å². The maximum atomic E-state index is 13.3. The lowest BCUT2D eigenvalue weighted by molar-refractivity contribution is -0.139. The van der Waals surface area contributed by atoms with Crippen LogP contribution in [0.1, 0.15) is 21.8 Å². The van der Waals surface area contributed by atoms with E-state index in [-0.39, 0.29) is 28.2 Å². The third-order valence-electron chi connectivity index (χ3n) is 7.10. The highest BCUT2D eigenvalue weighted by Crippen LogP contribution is 2.43. The van der Waals surface area contributed by atoms with Crippen molar-refractivity contribution < 1.29 is 28.6 Å². The first-order valence-electron chi connectivity index (χ1n) is 13.8. The number of rotatable bonds is 8. The number of esters is 2. The quantitative estimate of drug-likeness (QED) is 0.246. The van der Waals surface area contributed by atoms with Gasteiger partial charge in [0.2, 0.25) is 0 Å². The van der Waals surface area contributed by atoms with E-state index in [4.69, 9.17) is 19.9 Å². The fraction of sp³-hybridized carbons (Fsp3) is 0.0857. The number of amides is 1. The van der Waals surface area contributed by atoms with Crippen LogP contribution in [0.5, 0.6) is 11.5 Å². The fourth-order valence-electron chi connectivity index (χ4n) is 5.01. The van der Waals surface area contributed by atoms with E-state index in [0.717, 1.165) is 0 Å². The van der Waals surface area contributed by atoms with Crippen molar-refractivity contribution in [1.29, 1.82) is 5.26 Å². The molecule has 45 heavy (non-hydrogen) atoms. The minimum atomic E-state index is -0.989. The van der Waals surface area contributed by atoms with E-state index in [2.05, 4.69) is 11.4 Å². The molecule has 1 heterocycles. The van der Waals surface area contributed by atoms with Crippen molar-refractivity contribution in [3.05, 3.63) is 143 Å². The van der Waals surface area contributed by atoms with E-state index in [1.54, 1.807) is 78.9 Å². The zero-order chi connectivity index (χ0) is 31.9. The number of carbonyl (C=O) groups is 3. The first-order chi connectivity index (χ1) is 21.9. The highest BCUT2D eigenvalue weighted by molar-refractivity contribution is 6.07. The number of anilines is 2. The van der Waals surface area contributed by atoms with Gasteiger partial charge in [0, 0.05) is 11.3 Å². The molecular formula is C35H28N4O6. The molecule has 1 aliphatic rings. The molecule has 10 nitrogen and oxygen atoms in total. The average Bonchev–Trinajstić information content (AvgIpc) is 3.08. The van der Waals surface area contributed by atoms with Crippen LogP contribution >= 0.6 is 0 Å².